The number of alkyl halides is 2. The Morgan fingerprint density at radius 3 is 2.70 bits per heavy atom. The lowest BCUT2D eigenvalue weighted by atomic mass is 10.1. The number of hydrogen-bond donors (Lipinski definition) is 3. The largest absolute Gasteiger partial charge is 0.504 e. The summed E-state index contributed by atoms with van der Waals surface area (Å²) < 4.78 is 28.2. The number of carbonyl (C=O) groups excluding carboxylic acids is 1. The summed E-state index contributed by atoms with van der Waals surface area (Å²) in [4.78, 5) is 15.3. The number of phenolic OH excluding ortho intramolecular Hbond substituents is 1. The molecule has 1 saturated heterocycles. The molecule has 1 aliphatic rings. The summed E-state index contributed by atoms with van der Waals surface area (Å²) in [6.07, 6.45) is 1.44. The Kier molecular flexibility index (Phi) is 3.83. The Labute approximate surface area is 112 Å². The molecule has 0 aromatic heterocycles. The number of carbonyl (C=O) groups is 1. The molecule has 0 spiro atoms. The summed E-state index contributed by atoms with van der Waals surface area (Å²) in [7, 11) is 1.51. The lowest BCUT2D eigenvalue weighted by Crippen LogP contribution is -2.24. The van der Waals surface area contributed by atoms with Crippen molar-refractivity contribution in [3.05, 3.63) is 29.5 Å². The van der Waals surface area contributed by atoms with Crippen LogP contribution in [0.15, 0.2) is 28.9 Å². The highest BCUT2D eigenvalue weighted by Gasteiger charge is 2.21. The van der Waals surface area contributed by atoms with Crippen molar-refractivity contribution in [1.29, 1.82) is 0 Å². The molecule has 0 unspecified atom stereocenters. The second-order valence-electron chi connectivity index (χ2n) is 3.82. The van der Waals surface area contributed by atoms with Crippen LogP contribution in [-0.4, -0.2) is 30.6 Å². The zero-order chi connectivity index (χ0) is 14.7. The van der Waals surface area contributed by atoms with Crippen LogP contribution in [-0.2, 0) is 4.79 Å². The minimum Gasteiger partial charge on any atom is -0.504 e. The highest BCUT2D eigenvalue weighted by atomic mass is 19.3. The van der Waals surface area contributed by atoms with E-state index in [1.165, 1.54) is 31.3 Å². The molecule has 2 rings (SSSR count). The van der Waals surface area contributed by atoms with Gasteiger partial charge in [0.2, 0.25) is 5.96 Å². The van der Waals surface area contributed by atoms with Gasteiger partial charge in [-0.25, -0.2) is 0 Å². The third-order valence-corrected chi connectivity index (χ3v) is 2.46. The number of ether oxygens (including phenoxy) is 1. The highest BCUT2D eigenvalue weighted by molar-refractivity contribution is 6.15. The molecule has 1 aromatic carbocycles. The molecule has 20 heavy (non-hydrogen) atoms. The molecular weight excluding hydrogens is 272 g/mol. The molecule has 1 fully saturated rings. The van der Waals surface area contributed by atoms with E-state index in [0.717, 1.165) is 0 Å². The van der Waals surface area contributed by atoms with Crippen molar-refractivity contribution in [3.8, 4) is 11.5 Å². The first-order valence-electron chi connectivity index (χ1n) is 5.54. The zero-order valence-electron chi connectivity index (χ0n) is 10.4. The molecular formula is C12H11F2N3O3. The van der Waals surface area contributed by atoms with Crippen LogP contribution in [0.5, 0.6) is 11.5 Å². The molecule has 3 N–H and O–H groups in total. The molecule has 0 radical (unpaired) electrons. The van der Waals surface area contributed by atoms with E-state index in [4.69, 9.17) is 0 Å². The van der Waals surface area contributed by atoms with Crippen molar-refractivity contribution in [3.63, 3.8) is 0 Å². The van der Waals surface area contributed by atoms with Crippen LogP contribution in [0.2, 0.25) is 0 Å². The first-order valence-corrected chi connectivity index (χ1v) is 5.54. The van der Waals surface area contributed by atoms with Crippen molar-refractivity contribution in [1.82, 2.24) is 10.6 Å². The first-order chi connectivity index (χ1) is 9.49. The van der Waals surface area contributed by atoms with Gasteiger partial charge in [0, 0.05) is 7.05 Å². The summed E-state index contributed by atoms with van der Waals surface area (Å²) in [5, 5.41) is 14.7. The van der Waals surface area contributed by atoms with Gasteiger partial charge in [0.1, 0.15) is 5.70 Å². The molecule has 1 heterocycles. The summed E-state index contributed by atoms with van der Waals surface area (Å²) in [5.74, 6) is -0.842. The average Bonchev–Trinajstić information content (AvgIpc) is 2.73. The number of benzene rings is 1. The molecule has 0 saturated carbocycles. The van der Waals surface area contributed by atoms with Gasteiger partial charge in [-0.1, -0.05) is 6.07 Å². The van der Waals surface area contributed by atoms with Crippen LogP contribution < -0.4 is 15.4 Å². The van der Waals surface area contributed by atoms with Gasteiger partial charge in [-0.2, -0.15) is 8.78 Å². The second kappa shape index (κ2) is 5.55. The summed E-state index contributed by atoms with van der Waals surface area (Å²) in [6.45, 7) is -3.02. The molecule has 0 bridgehead atoms. The number of guanidine groups is 1. The molecule has 8 heteroatoms. The molecule has 1 aliphatic heterocycles. The van der Waals surface area contributed by atoms with E-state index in [9.17, 15) is 18.7 Å². The normalized spacial score (nSPS) is 18.5. The van der Waals surface area contributed by atoms with Gasteiger partial charge in [-0.15, -0.1) is 0 Å². The van der Waals surface area contributed by atoms with Crippen LogP contribution in [0.4, 0.5) is 8.78 Å². The standard InChI is InChI=1S/C12H11F2N3O3/c1-15-12-16-7(10(19)17-12)4-6-2-3-9(8(18)5-6)20-11(13)14/h2-5,11,18H,1H3,(H2,15,16,17,19)/b7-4-. The maximum atomic E-state index is 12.0. The fraction of sp³-hybridized carbons (Fsp3) is 0.167. The number of aliphatic imine (C=N–C) groups is 1. The van der Waals surface area contributed by atoms with Crippen molar-refractivity contribution in [2.24, 2.45) is 4.99 Å². The number of nitrogens with one attached hydrogen (secondary N) is 2. The maximum absolute atomic E-state index is 12.0. The van der Waals surface area contributed by atoms with Gasteiger partial charge in [0.25, 0.3) is 5.91 Å². The van der Waals surface area contributed by atoms with E-state index in [1.807, 2.05) is 0 Å². The molecule has 1 aromatic rings. The average molecular weight is 283 g/mol. The van der Waals surface area contributed by atoms with Crippen LogP contribution in [0, 0.1) is 0 Å². The van der Waals surface area contributed by atoms with Gasteiger partial charge in [-0.3, -0.25) is 15.1 Å². The van der Waals surface area contributed by atoms with Gasteiger partial charge in [-0.05, 0) is 23.8 Å². The van der Waals surface area contributed by atoms with Crippen LogP contribution in [0.3, 0.4) is 0 Å². The minimum atomic E-state index is -3.02. The van der Waals surface area contributed by atoms with Gasteiger partial charge in [0.15, 0.2) is 11.5 Å². The van der Waals surface area contributed by atoms with Crippen molar-refractivity contribution >= 4 is 17.9 Å². The van der Waals surface area contributed by atoms with E-state index >= 15 is 0 Å². The summed E-state index contributed by atoms with van der Waals surface area (Å²) >= 11 is 0. The van der Waals surface area contributed by atoms with Gasteiger partial charge in [0.05, 0.1) is 0 Å². The molecule has 106 valence electrons. The number of rotatable bonds is 3. The minimum absolute atomic E-state index is 0.229. The fourth-order valence-electron chi connectivity index (χ4n) is 1.59. The van der Waals surface area contributed by atoms with Gasteiger partial charge < -0.3 is 15.2 Å². The van der Waals surface area contributed by atoms with E-state index in [0.29, 0.717) is 11.5 Å². The number of halogens is 2. The third kappa shape index (κ3) is 3.02. The van der Waals surface area contributed by atoms with Crippen LogP contribution >= 0.6 is 0 Å². The Bertz CT molecular complexity index is 600. The predicted molar refractivity (Wildman–Crippen MR) is 67.4 cm³/mol. The van der Waals surface area contributed by atoms with E-state index in [2.05, 4.69) is 20.4 Å². The molecule has 0 atom stereocenters. The molecule has 0 aliphatic carbocycles. The van der Waals surface area contributed by atoms with E-state index in [1.54, 1.807) is 0 Å². The first kappa shape index (κ1) is 13.8. The Balaban J connectivity index is 2.23. The highest BCUT2D eigenvalue weighted by Crippen LogP contribution is 2.29. The van der Waals surface area contributed by atoms with E-state index in [-0.39, 0.29) is 17.4 Å². The Hall–Kier alpha value is -2.64. The van der Waals surface area contributed by atoms with Crippen LogP contribution in [0.25, 0.3) is 6.08 Å². The smallest absolute Gasteiger partial charge is 0.387 e. The second-order valence-corrected chi connectivity index (χ2v) is 3.82. The Morgan fingerprint density at radius 1 is 1.40 bits per heavy atom. The fourth-order valence-corrected chi connectivity index (χ4v) is 1.59. The zero-order valence-corrected chi connectivity index (χ0v) is 10.4. The lowest BCUT2D eigenvalue weighted by molar-refractivity contribution is -0.115. The predicted octanol–water partition coefficient (Wildman–Crippen LogP) is 1.04. The summed E-state index contributed by atoms with van der Waals surface area (Å²) in [6, 6.07) is 3.83. The molecule has 1 amide bonds. The monoisotopic (exact) mass is 283 g/mol. The number of amides is 1. The number of aromatic hydroxyl groups is 1. The van der Waals surface area contributed by atoms with Crippen LogP contribution in [0.1, 0.15) is 5.56 Å². The Morgan fingerprint density at radius 2 is 2.15 bits per heavy atom. The number of nitrogens with zero attached hydrogens (tertiary/aromatic N) is 1. The maximum Gasteiger partial charge on any atom is 0.387 e. The van der Waals surface area contributed by atoms with Gasteiger partial charge >= 0.3 is 6.61 Å². The van der Waals surface area contributed by atoms with Crippen molar-refractivity contribution in [2.45, 2.75) is 6.61 Å². The van der Waals surface area contributed by atoms with E-state index < -0.39 is 12.4 Å². The summed E-state index contributed by atoms with van der Waals surface area (Å²) in [5.41, 5.74) is 0.673. The molecule has 6 nitrogen and oxygen atoms in total. The lowest BCUT2D eigenvalue weighted by Gasteiger charge is -2.07. The number of phenols is 1. The third-order valence-electron chi connectivity index (χ3n) is 2.46. The van der Waals surface area contributed by atoms with Crippen molar-refractivity contribution in [2.75, 3.05) is 7.05 Å². The number of hydrogen-bond acceptors (Lipinski definition) is 4. The topological polar surface area (TPSA) is 83.0 Å². The van der Waals surface area contributed by atoms with Crippen molar-refractivity contribution < 1.29 is 23.4 Å². The SMILES string of the molecule is CN=C1NC(=O)/C(=C/c2ccc(OC(F)F)c(O)c2)N1. The quantitative estimate of drug-likeness (QED) is 0.724.